The molecule has 0 aromatic carbocycles. The molecule has 0 aliphatic rings. The third kappa shape index (κ3) is 2.35. The third-order valence-electron chi connectivity index (χ3n) is 1.43. The molecule has 5 nitrogen and oxygen atoms in total. The van der Waals surface area contributed by atoms with Crippen molar-refractivity contribution in [3.63, 3.8) is 0 Å². The smallest absolute Gasteiger partial charge is 0.254 e. The van der Waals surface area contributed by atoms with Gasteiger partial charge in [0, 0.05) is 12.7 Å². The molecule has 0 saturated carbocycles. The Balaban J connectivity index is 2.30. The molecular formula is C7H12N4O. The second-order valence-electron chi connectivity index (χ2n) is 2.39. The van der Waals surface area contributed by atoms with E-state index in [2.05, 4.69) is 15.5 Å². The number of carbonyl (C=O) groups is 1. The van der Waals surface area contributed by atoms with Crippen LogP contribution in [-0.4, -0.2) is 29.2 Å². The summed E-state index contributed by atoms with van der Waals surface area (Å²) in [6.45, 7) is 1.20. The van der Waals surface area contributed by atoms with E-state index < -0.39 is 0 Å². The number of aromatic nitrogens is 2. The second kappa shape index (κ2) is 4.50. The quantitative estimate of drug-likeness (QED) is 0.529. The fourth-order valence-electron chi connectivity index (χ4n) is 0.781. The van der Waals surface area contributed by atoms with Crippen molar-refractivity contribution in [2.24, 2.45) is 5.73 Å². The summed E-state index contributed by atoms with van der Waals surface area (Å²) >= 11 is 0. The normalized spacial score (nSPS) is 9.75. The molecule has 0 bridgehead atoms. The molecule has 0 radical (unpaired) electrons. The standard InChI is InChI=1S/C7H12N4O/c8-2-1-3-9-7(12)6-4-10-11-5-6/h4-5H,1-3,8H2,(H,9,12)(H,10,11). The SMILES string of the molecule is NCCCNC(=O)c1cn[nH]c1. The van der Waals surface area contributed by atoms with E-state index in [-0.39, 0.29) is 5.91 Å². The van der Waals surface area contributed by atoms with Crippen LogP contribution in [-0.2, 0) is 0 Å². The highest BCUT2D eigenvalue weighted by molar-refractivity contribution is 5.93. The van der Waals surface area contributed by atoms with Crippen LogP contribution in [0.25, 0.3) is 0 Å². The summed E-state index contributed by atoms with van der Waals surface area (Å²) in [7, 11) is 0. The maximum Gasteiger partial charge on any atom is 0.254 e. The van der Waals surface area contributed by atoms with Gasteiger partial charge in [-0.3, -0.25) is 9.89 Å². The van der Waals surface area contributed by atoms with Gasteiger partial charge in [-0.15, -0.1) is 0 Å². The predicted octanol–water partition coefficient (Wildman–Crippen LogP) is -0.512. The van der Waals surface area contributed by atoms with Crippen LogP contribution >= 0.6 is 0 Å². The highest BCUT2D eigenvalue weighted by Crippen LogP contribution is 1.92. The van der Waals surface area contributed by atoms with Crippen molar-refractivity contribution in [3.8, 4) is 0 Å². The van der Waals surface area contributed by atoms with Gasteiger partial charge in [0.1, 0.15) is 0 Å². The zero-order chi connectivity index (χ0) is 8.81. The lowest BCUT2D eigenvalue weighted by Gasteiger charge is -2.00. The first kappa shape index (κ1) is 8.73. The van der Waals surface area contributed by atoms with E-state index in [9.17, 15) is 4.79 Å². The molecule has 0 aliphatic carbocycles. The molecule has 12 heavy (non-hydrogen) atoms. The maximum atomic E-state index is 11.2. The summed E-state index contributed by atoms with van der Waals surface area (Å²) < 4.78 is 0. The summed E-state index contributed by atoms with van der Waals surface area (Å²) in [5.41, 5.74) is 5.81. The predicted molar refractivity (Wildman–Crippen MR) is 44.6 cm³/mol. The topological polar surface area (TPSA) is 83.8 Å². The number of nitrogens with zero attached hydrogens (tertiary/aromatic N) is 1. The maximum absolute atomic E-state index is 11.2. The Morgan fingerprint density at radius 2 is 2.58 bits per heavy atom. The summed E-state index contributed by atoms with van der Waals surface area (Å²) in [6.07, 6.45) is 3.83. The number of carbonyl (C=O) groups excluding carboxylic acids is 1. The van der Waals surface area contributed by atoms with Gasteiger partial charge in [0.2, 0.25) is 0 Å². The lowest BCUT2D eigenvalue weighted by Crippen LogP contribution is -2.25. The molecule has 0 saturated heterocycles. The van der Waals surface area contributed by atoms with E-state index in [4.69, 9.17) is 5.73 Å². The van der Waals surface area contributed by atoms with Crippen LogP contribution < -0.4 is 11.1 Å². The highest BCUT2D eigenvalue weighted by Gasteiger charge is 2.03. The number of rotatable bonds is 4. The molecule has 0 atom stereocenters. The first-order chi connectivity index (χ1) is 5.84. The van der Waals surface area contributed by atoms with E-state index in [0.717, 1.165) is 6.42 Å². The van der Waals surface area contributed by atoms with E-state index >= 15 is 0 Å². The largest absolute Gasteiger partial charge is 0.352 e. The Labute approximate surface area is 70.3 Å². The van der Waals surface area contributed by atoms with Crippen LogP contribution in [0.4, 0.5) is 0 Å². The number of amides is 1. The lowest BCUT2D eigenvalue weighted by molar-refractivity contribution is 0.0953. The van der Waals surface area contributed by atoms with Gasteiger partial charge in [0.05, 0.1) is 11.8 Å². The molecule has 5 heteroatoms. The number of hydrogen-bond acceptors (Lipinski definition) is 3. The Morgan fingerprint density at radius 1 is 1.75 bits per heavy atom. The molecule has 1 heterocycles. The molecule has 0 fully saturated rings. The average Bonchev–Trinajstić information content (AvgIpc) is 2.56. The van der Waals surface area contributed by atoms with Crippen molar-refractivity contribution in [1.82, 2.24) is 15.5 Å². The van der Waals surface area contributed by atoms with Gasteiger partial charge in [0.25, 0.3) is 5.91 Å². The number of nitrogens with two attached hydrogens (primary N) is 1. The van der Waals surface area contributed by atoms with Crippen LogP contribution in [0.5, 0.6) is 0 Å². The number of hydrogen-bond donors (Lipinski definition) is 3. The molecule has 4 N–H and O–H groups in total. The van der Waals surface area contributed by atoms with Crippen molar-refractivity contribution in [3.05, 3.63) is 18.0 Å². The minimum Gasteiger partial charge on any atom is -0.352 e. The molecule has 1 amide bonds. The van der Waals surface area contributed by atoms with Crippen molar-refractivity contribution < 1.29 is 4.79 Å². The third-order valence-corrected chi connectivity index (χ3v) is 1.43. The zero-order valence-electron chi connectivity index (χ0n) is 6.71. The number of nitrogens with one attached hydrogen (secondary N) is 2. The number of aromatic amines is 1. The first-order valence-corrected chi connectivity index (χ1v) is 3.81. The van der Waals surface area contributed by atoms with Gasteiger partial charge < -0.3 is 11.1 Å². The molecule has 1 aromatic heterocycles. The van der Waals surface area contributed by atoms with E-state index in [1.165, 1.54) is 6.20 Å². The van der Waals surface area contributed by atoms with E-state index in [1.54, 1.807) is 6.20 Å². The van der Waals surface area contributed by atoms with Gasteiger partial charge in [-0.05, 0) is 13.0 Å². The molecule has 1 rings (SSSR count). The minimum atomic E-state index is -0.114. The molecule has 1 aromatic rings. The molecule has 0 spiro atoms. The van der Waals surface area contributed by atoms with Gasteiger partial charge in [0.15, 0.2) is 0 Å². The minimum absolute atomic E-state index is 0.114. The highest BCUT2D eigenvalue weighted by atomic mass is 16.1. The lowest BCUT2D eigenvalue weighted by atomic mass is 10.3. The van der Waals surface area contributed by atoms with Gasteiger partial charge in [-0.2, -0.15) is 5.10 Å². The Hall–Kier alpha value is -1.36. The summed E-state index contributed by atoms with van der Waals surface area (Å²) in [5.74, 6) is -0.114. The van der Waals surface area contributed by atoms with E-state index in [1.807, 2.05) is 0 Å². The average molecular weight is 168 g/mol. The van der Waals surface area contributed by atoms with E-state index in [0.29, 0.717) is 18.7 Å². The van der Waals surface area contributed by atoms with Crippen LogP contribution in [0.15, 0.2) is 12.4 Å². The van der Waals surface area contributed by atoms with Gasteiger partial charge in [-0.1, -0.05) is 0 Å². The first-order valence-electron chi connectivity index (χ1n) is 3.81. The van der Waals surface area contributed by atoms with Crippen LogP contribution in [0, 0.1) is 0 Å². The monoisotopic (exact) mass is 168 g/mol. The zero-order valence-corrected chi connectivity index (χ0v) is 6.71. The fourth-order valence-corrected chi connectivity index (χ4v) is 0.781. The van der Waals surface area contributed by atoms with Crippen LogP contribution in [0.3, 0.4) is 0 Å². The Kier molecular flexibility index (Phi) is 3.28. The van der Waals surface area contributed by atoms with Crippen molar-refractivity contribution in [1.29, 1.82) is 0 Å². The molecular weight excluding hydrogens is 156 g/mol. The summed E-state index contributed by atoms with van der Waals surface area (Å²) in [4.78, 5) is 11.2. The van der Waals surface area contributed by atoms with Gasteiger partial charge >= 0.3 is 0 Å². The molecule has 0 aliphatic heterocycles. The second-order valence-corrected chi connectivity index (χ2v) is 2.39. The fraction of sp³-hybridized carbons (Fsp3) is 0.429. The summed E-state index contributed by atoms with van der Waals surface area (Å²) in [5, 5.41) is 8.93. The number of H-pyrrole nitrogens is 1. The van der Waals surface area contributed by atoms with Crippen LogP contribution in [0.1, 0.15) is 16.8 Å². The molecule has 66 valence electrons. The summed E-state index contributed by atoms with van der Waals surface area (Å²) in [6, 6.07) is 0. The Morgan fingerprint density at radius 3 is 3.17 bits per heavy atom. The van der Waals surface area contributed by atoms with Crippen molar-refractivity contribution in [2.45, 2.75) is 6.42 Å². The van der Waals surface area contributed by atoms with Crippen LogP contribution in [0.2, 0.25) is 0 Å². The van der Waals surface area contributed by atoms with Crippen molar-refractivity contribution >= 4 is 5.91 Å². The van der Waals surface area contributed by atoms with Gasteiger partial charge in [-0.25, -0.2) is 0 Å². The van der Waals surface area contributed by atoms with Crippen molar-refractivity contribution in [2.75, 3.05) is 13.1 Å². The molecule has 0 unspecified atom stereocenters. The Bertz CT molecular complexity index is 232.